The molecule has 4 nitrogen and oxygen atoms in total. The van der Waals surface area contributed by atoms with E-state index in [1.165, 1.54) is 4.68 Å². The highest BCUT2D eigenvalue weighted by Crippen LogP contribution is 2.14. The van der Waals surface area contributed by atoms with E-state index in [1.54, 1.807) is 24.3 Å². The lowest BCUT2D eigenvalue weighted by molar-refractivity contribution is 0.819. The van der Waals surface area contributed by atoms with Gasteiger partial charge in [0.25, 0.3) is 5.56 Å². The summed E-state index contributed by atoms with van der Waals surface area (Å²) >= 11 is 3.26. The fourth-order valence-electron chi connectivity index (χ4n) is 1.59. The summed E-state index contributed by atoms with van der Waals surface area (Å²) in [7, 11) is 0. The number of halogens is 1. The monoisotopic (exact) mass is 291 g/mol. The van der Waals surface area contributed by atoms with Gasteiger partial charge in [-0.1, -0.05) is 13.0 Å². The highest BCUT2D eigenvalue weighted by atomic mass is 79.9. The molecule has 0 bridgehead atoms. The Morgan fingerprint density at radius 3 is 2.88 bits per heavy atom. The van der Waals surface area contributed by atoms with Gasteiger partial charge in [0, 0.05) is 0 Å². The molecule has 0 fully saturated rings. The normalized spacial score (nSPS) is 10.2. The third-order valence-corrected chi connectivity index (χ3v) is 3.31. The number of nitrogens with zero attached hydrogens (tertiary/aromatic N) is 2. The minimum Gasteiger partial charge on any atom is -0.294 e. The molecule has 1 N–H and O–H groups in total. The zero-order valence-corrected chi connectivity index (χ0v) is 10.8. The molecule has 0 saturated heterocycles. The van der Waals surface area contributed by atoms with E-state index in [1.807, 2.05) is 6.92 Å². The van der Waals surface area contributed by atoms with Crippen LogP contribution in [0.1, 0.15) is 18.2 Å². The molecule has 0 amide bonds. The topological polar surface area (TPSA) is 61.6 Å². The van der Waals surface area contributed by atoms with Crippen molar-refractivity contribution in [2.45, 2.75) is 13.3 Å². The van der Waals surface area contributed by atoms with Crippen LogP contribution in [0, 0.1) is 11.3 Å². The van der Waals surface area contributed by atoms with Crippen molar-refractivity contribution < 1.29 is 0 Å². The molecular weight excluding hydrogens is 282 g/mol. The third-order valence-electron chi connectivity index (χ3n) is 2.49. The maximum Gasteiger partial charge on any atom is 0.285 e. The SMILES string of the molecule is CCc1[nH]n(-c2cccc(C#N)c2)c(=O)c1Br. The largest absolute Gasteiger partial charge is 0.294 e. The summed E-state index contributed by atoms with van der Waals surface area (Å²) in [6.45, 7) is 1.96. The second-order valence-corrected chi connectivity index (χ2v) is 4.35. The number of aromatic amines is 1. The number of nitriles is 1. The number of aromatic nitrogens is 2. The molecule has 0 atom stereocenters. The van der Waals surface area contributed by atoms with Gasteiger partial charge < -0.3 is 0 Å². The van der Waals surface area contributed by atoms with Crippen LogP contribution in [0.25, 0.3) is 5.69 Å². The summed E-state index contributed by atoms with van der Waals surface area (Å²) in [4.78, 5) is 12.0. The van der Waals surface area contributed by atoms with Crippen LogP contribution in [-0.2, 0) is 6.42 Å². The van der Waals surface area contributed by atoms with Crippen molar-refractivity contribution in [2.75, 3.05) is 0 Å². The number of nitrogens with one attached hydrogen (secondary N) is 1. The van der Waals surface area contributed by atoms with E-state index in [0.29, 0.717) is 15.7 Å². The summed E-state index contributed by atoms with van der Waals surface area (Å²) in [5.41, 5.74) is 1.89. The lowest BCUT2D eigenvalue weighted by Gasteiger charge is -2.01. The van der Waals surface area contributed by atoms with Crippen molar-refractivity contribution in [3.63, 3.8) is 0 Å². The first kappa shape index (κ1) is 11.7. The zero-order chi connectivity index (χ0) is 12.4. The Bertz CT molecular complexity index is 649. The fourth-order valence-corrected chi connectivity index (χ4v) is 2.14. The van der Waals surface area contributed by atoms with Crippen LogP contribution in [-0.4, -0.2) is 9.78 Å². The standard InChI is InChI=1S/C12H10BrN3O/c1-2-10-11(13)12(17)16(15-10)9-5-3-4-8(6-9)7-14/h3-6,15H,2H2,1H3. The molecule has 0 spiro atoms. The number of hydrogen-bond donors (Lipinski definition) is 1. The smallest absolute Gasteiger partial charge is 0.285 e. The van der Waals surface area contributed by atoms with Gasteiger partial charge in [-0.2, -0.15) is 5.26 Å². The predicted molar refractivity (Wildman–Crippen MR) is 68.2 cm³/mol. The van der Waals surface area contributed by atoms with Crippen molar-refractivity contribution in [3.05, 3.63) is 50.3 Å². The van der Waals surface area contributed by atoms with Crippen LogP contribution in [0.15, 0.2) is 33.5 Å². The molecule has 0 aliphatic carbocycles. The number of H-pyrrole nitrogens is 1. The Labute approximate surface area is 107 Å². The molecule has 86 valence electrons. The highest BCUT2D eigenvalue weighted by Gasteiger charge is 2.11. The molecular formula is C12H10BrN3O. The number of aryl methyl sites for hydroxylation is 1. The Hall–Kier alpha value is -1.80. The minimum absolute atomic E-state index is 0.142. The van der Waals surface area contributed by atoms with Gasteiger partial charge in [0.2, 0.25) is 0 Å². The summed E-state index contributed by atoms with van der Waals surface area (Å²) in [5.74, 6) is 0. The van der Waals surface area contributed by atoms with Gasteiger partial charge in [-0.05, 0) is 40.5 Å². The van der Waals surface area contributed by atoms with Gasteiger partial charge in [0.1, 0.15) is 4.47 Å². The van der Waals surface area contributed by atoms with Gasteiger partial charge in [-0.3, -0.25) is 9.89 Å². The van der Waals surface area contributed by atoms with E-state index >= 15 is 0 Å². The molecule has 0 aliphatic rings. The third kappa shape index (κ3) is 2.04. The summed E-state index contributed by atoms with van der Waals surface area (Å²) < 4.78 is 1.98. The molecule has 1 aromatic heterocycles. The first-order valence-corrected chi connectivity index (χ1v) is 5.96. The van der Waals surface area contributed by atoms with Crippen LogP contribution in [0.4, 0.5) is 0 Å². The number of benzene rings is 1. The van der Waals surface area contributed by atoms with Gasteiger partial charge in [0.05, 0.1) is 23.0 Å². The number of hydrogen-bond acceptors (Lipinski definition) is 2. The van der Waals surface area contributed by atoms with Crippen LogP contribution in [0.2, 0.25) is 0 Å². The average Bonchev–Trinajstić information content (AvgIpc) is 2.66. The van der Waals surface area contributed by atoms with Gasteiger partial charge >= 0.3 is 0 Å². The Kier molecular flexibility index (Phi) is 3.16. The van der Waals surface area contributed by atoms with E-state index in [-0.39, 0.29) is 5.56 Å². The fraction of sp³-hybridized carbons (Fsp3) is 0.167. The summed E-state index contributed by atoms with van der Waals surface area (Å²) in [6.07, 6.45) is 0.737. The molecule has 2 aromatic rings. The molecule has 2 rings (SSSR count). The molecule has 0 unspecified atom stereocenters. The van der Waals surface area contributed by atoms with Crippen molar-refractivity contribution >= 4 is 15.9 Å². The molecule has 1 heterocycles. The van der Waals surface area contributed by atoms with Crippen LogP contribution >= 0.6 is 15.9 Å². The van der Waals surface area contributed by atoms with E-state index in [2.05, 4.69) is 27.1 Å². The maximum absolute atomic E-state index is 12.0. The van der Waals surface area contributed by atoms with E-state index in [0.717, 1.165) is 12.1 Å². The second kappa shape index (κ2) is 4.60. The van der Waals surface area contributed by atoms with E-state index < -0.39 is 0 Å². The maximum atomic E-state index is 12.0. The molecule has 0 radical (unpaired) electrons. The van der Waals surface area contributed by atoms with Crippen molar-refractivity contribution in [1.82, 2.24) is 9.78 Å². The molecule has 5 heteroatoms. The van der Waals surface area contributed by atoms with Crippen LogP contribution < -0.4 is 5.56 Å². The zero-order valence-electron chi connectivity index (χ0n) is 9.20. The van der Waals surface area contributed by atoms with Crippen molar-refractivity contribution in [1.29, 1.82) is 5.26 Å². The molecule has 1 aromatic carbocycles. The predicted octanol–water partition coefficient (Wildman–Crippen LogP) is 2.36. The quantitative estimate of drug-likeness (QED) is 0.923. The second-order valence-electron chi connectivity index (χ2n) is 3.56. The molecule has 0 aliphatic heterocycles. The highest BCUT2D eigenvalue weighted by molar-refractivity contribution is 9.10. The lowest BCUT2D eigenvalue weighted by Crippen LogP contribution is -2.14. The molecule has 17 heavy (non-hydrogen) atoms. The van der Waals surface area contributed by atoms with E-state index in [9.17, 15) is 4.79 Å². The molecule has 0 saturated carbocycles. The van der Waals surface area contributed by atoms with Crippen molar-refractivity contribution in [2.24, 2.45) is 0 Å². The van der Waals surface area contributed by atoms with Gasteiger partial charge in [-0.15, -0.1) is 0 Å². The van der Waals surface area contributed by atoms with Crippen molar-refractivity contribution in [3.8, 4) is 11.8 Å². The lowest BCUT2D eigenvalue weighted by atomic mass is 10.2. The first-order chi connectivity index (χ1) is 8.17. The number of rotatable bonds is 2. The van der Waals surface area contributed by atoms with Gasteiger partial charge in [-0.25, -0.2) is 4.68 Å². The summed E-state index contributed by atoms with van der Waals surface area (Å²) in [5, 5.41) is 11.8. The Balaban J connectivity index is 2.61. The Morgan fingerprint density at radius 2 is 2.29 bits per heavy atom. The summed E-state index contributed by atoms with van der Waals surface area (Å²) in [6, 6.07) is 8.96. The van der Waals surface area contributed by atoms with Crippen LogP contribution in [0.5, 0.6) is 0 Å². The minimum atomic E-state index is -0.142. The Morgan fingerprint density at radius 1 is 1.53 bits per heavy atom. The van der Waals surface area contributed by atoms with Gasteiger partial charge in [0.15, 0.2) is 0 Å². The first-order valence-electron chi connectivity index (χ1n) is 5.17. The average molecular weight is 292 g/mol. The van der Waals surface area contributed by atoms with Crippen LogP contribution in [0.3, 0.4) is 0 Å². The van der Waals surface area contributed by atoms with E-state index in [4.69, 9.17) is 5.26 Å².